The van der Waals surface area contributed by atoms with E-state index in [0.717, 1.165) is 59.4 Å². The Balaban J connectivity index is 1.37. The lowest BCUT2D eigenvalue weighted by Crippen LogP contribution is -2.48. The molecule has 0 N–H and O–H groups in total. The van der Waals surface area contributed by atoms with Gasteiger partial charge in [-0.3, -0.25) is 9.48 Å². The van der Waals surface area contributed by atoms with Crippen LogP contribution in [-0.4, -0.2) is 51.7 Å². The lowest BCUT2D eigenvalue weighted by Gasteiger charge is -2.45. The summed E-state index contributed by atoms with van der Waals surface area (Å²) in [6.45, 7) is 9.55. The van der Waals surface area contributed by atoms with E-state index in [-0.39, 0.29) is 5.91 Å². The summed E-state index contributed by atoms with van der Waals surface area (Å²) in [7, 11) is 1.97. The molecule has 1 aromatic heterocycles. The first-order chi connectivity index (χ1) is 13.5. The van der Waals surface area contributed by atoms with Gasteiger partial charge in [0.1, 0.15) is 0 Å². The Bertz CT molecular complexity index is 923. The van der Waals surface area contributed by atoms with Crippen LogP contribution in [0.15, 0.2) is 18.2 Å². The molecule has 5 heteroatoms. The van der Waals surface area contributed by atoms with E-state index in [1.165, 1.54) is 38.0 Å². The number of aryl methyl sites for hydroxylation is 2. The number of fused-ring (bicyclic) bond motifs is 4. The van der Waals surface area contributed by atoms with Crippen molar-refractivity contribution in [2.45, 2.75) is 39.7 Å². The first kappa shape index (κ1) is 17.9. The van der Waals surface area contributed by atoms with E-state index in [0.29, 0.717) is 0 Å². The fourth-order valence-electron chi connectivity index (χ4n) is 5.71. The molecule has 0 radical (unpaired) electrons. The van der Waals surface area contributed by atoms with E-state index in [9.17, 15) is 4.79 Å². The maximum Gasteiger partial charge on any atom is 0.255 e. The highest BCUT2D eigenvalue weighted by atomic mass is 16.2. The van der Waals surface area contributed by atoms with Gasteiger partial charge in [0.15, 0.2) is 0 Å². The van der Waals surface area contributed by atoms with Crippen LogP contribution in [0.4, 0.5) is 0 Å². The minimum absolute atomic E-state index is 0.203. The maximum atomic E-state index is 13.3. The second-order valence-corrected chi connectivity index (χ2v) is 8.92. The zero-order chi connectivity index (χ0) is 19.4. The first-order valence-corrected chi connectivity index (χ1v) is 10.7. The topological polar surface area (TPSA) is 41.4 Å². The fourth-order valence-corrected chi connectivity index (χ4v) is 5.71. The van der Waals surface area contributed by atoms with Gasteiger partial charge in [0.2, 0.25) is 0 Å². The monoisotopic (exact) mass is 378 g/mol. The molecule has 0 spiro atoms. The van der Waals surface area contributed by atoms with Gasteiger partial charge in [-0.05, 0) is 69.2 Å². The molecule has 148 valence electrons. The van der Waals surface area contributed by atoms with Crippen LogP contribution in [0.5, 0.6) is 0 Å². The first-order valence-electron chi connectivity index (χ1n) is 10.7. The predicted molar refractivity (Wildman–Crippen MR) is 110 cm³/mol. The molecule has 1 atom stereocenters. The van der Waals surface area contributed by atoms with E-state index < -0.39 is 0 Å². The van der Waals surface area contributed by atoms with Crippen molar-refractivity contribution >= 4 is 5.91 Å². The van der Waals surface area contributed by atoms with Gasteiger partial charge in [-0.2, -0.15) is 5.10 Å². The number of benzene rings is 1. The molecule has 3 fully saturated rings. The van der Waals surface area contributed by atoms with E-state index in [2.05, 4.69) is 40.0 Å². The Morgan fingerprint density at radius 3 is 2.57 bits per heavy atom. The molecule has 5 nitrogen and oxygen atoms in total. The summed E-state index contributed by atoms with van der Waals surface area (Å²) in [5.74, 6) is 1.84. The van der Waals surface area contributed by atoms with Gasteiger partial charge < -0.3 is 9.80 Å². The van der Waals surface area contributed by atoms with E-state index >= 15 is 0 Å². The van der Waals surface area contributed by atoms with Gasteiger partial charge in [-0.1, -0.05) is 18.2 Å². The fraction of sp³-hybridized carbons (Fsp3) is 0.565. The second-order valence-electron chi connectivity index (χ2n) is 8.92. The molecule has 2 aromatic rings. The summed E-state index contributed by atoms with van der Waals surface area (Å²) in [6, 6.07) is 6.29. The van der Waals surface area contributed by atoms with Crippen LogP contribution in [0.2, 0.25) is 0 Å². The standard InChI is InChI=1S/C23H30N4O/c1-15-21(16(2)25(3)24-15)20-6-4-5-19-14-27(23(28)22(19)20)12-9-18-13-26-10-7-17(18)8-11-26/h4-6,17-18H,7-14H2,1-3H3. The quantitative estimate of drug-likeness (QED) is 0.819. The minimum Gasteiger partial charge on any atom is -0.334 e. The number of hydrogen-bond donors (Lipinski definition) is 0. The highest BCUT2D eigenvalue weighted by Crippen LogP contribution is 2.37. The van der Waals surface area contributed by atoms with Crippen molar-refractivity contribution in [1.82, 2.24) is 19.6 Å². The molecule has 5 heterocycles. The molecule has 28 heavy (non-hydrogen) atoms. The Morgan fingerprint density at radius 2 is 1.93 bits per heavy atom. The van der Waals surface area contributed by atoms with E-state index in [1.807, 2.05) is 18.7 Å². The molecular weight excluding hydrogens is 348 g/mol. The van der Waals surface area contributed by atoms with E-state index in [4.69, 9.17) is 0 Å². The summed E-state index contributed by atoms with van der Waals surface area (Å²) in [5, 5.41) is 4.56. The normalized spacial score (nSPS) is 26.2. The highest BCUT2D eigenvalue weighted by Gasteiger charge is 2.36. The Labute approximate surface area is 167 Å². The van der Waals surface area contributed by atoms with Crippen molar-refractivity contribution in [3.8, 4) is 11.1 Å². The summed E-state index contributed by atoms with van der Waals surface area (Å²) in [5.41, 5.74) is 6.34. The summed E-state index contributed by atoms with van der Waals surface area (Å²) >= 11 is 0. The summed E-state index contributed by atoms with van der Waals surface area (Å²) < 4.78 is 1.91. The smallest absolute Gasteiger partial charge is 0.255 e. The van der Waals surface area contributed by atoms with Gasteiger partial charge in [-0.15, -0.1) is 0 Å². The van der Waals surface area contributed by atoms with Crippen LogP contribution in [0.3, 0.4) is 0 Å². The number of rotatable bonds is 4. The molecule has 6 rings (SSSR count). The van der Waals surface area contributed by atoms with Crippen LogP contribution in [-0.2, 0) is 13.6 Å². The molecule has 4 aliphatic heterocycles. The number of aromatic nitrogens is 2. The molecule has 0 aliphatic carbocycles. The predicted octanol–water partition coefficient (Wildman–Crippen LogP) is 3.39. The average Bonchev–Trinajstić information content (AvgIpc) is 3.16. The number of amides is 1. The van der Waals surface area contributed by atoms with Crippen molar-refractivity contribution in [2.75, 3.05) is 26.2 Å². The van der Waals surface area contributed by atoms with Crippen molar-refractivity contribution in [2.24, 2.45) is 18.9 Å². The lowest BCUT2D eigenvalue weighted by atomic mass is 9.77. The van der Waals surface area contributed by atoms with Crippen LogP contribution in [0.1, 0.15) is 46.6 Å². The molecule has 1 amide bonds. The molecular formula is C23H30N4O. The molecule has 1 unspecified atom stereocenters. The summed E-state index contributed by atoms with van der Waals surface area (Å²) in [6.07, 6.45) is 3.84. The zero-order valence-corrected chi connectivity index (χ0v) is 17.2. The average molecular weight is 379 g/mol. The number of carbonyl (C=O) groups excluding carboxylic acids is 1. The number of hydrogen-bond acceptors (Lipinski definition) is 3. The largest absolute Gasteiger partial charge is 0.334 e. The maximum absolute atomic E-state index is 13.3. The third-order valence-electron chi connectivity index (χ3n) is 7.35. The Hall–Kier alpha value is -2.14. The molecule has 0 saturated carbocycles. The van der Waals surface area contributed by atoms with Crippen molar-refractivity contribution in [1.29, 1.82) is 0 Å². The van der Waals surface area contributed by atoms with Crippen molar-refractivity contribution < 1.29 is 4.79 Å². The SMILES string of the molecule is Cc1nn(C)c(C)c1-c1cccc2c1C(=O)N(CCC1CN3CCC1CC3)C2. The Morgan fingerprint density at radius 1 is 1.14 bits per heavy atom. The third kappa shape index (κ3) is 2.79. The van der Waals surface area contributed by atoms with Crippen LogP contribution in [0.25, 0.3) is 11.1 Å². The van der Waals surface area contributed by atoms with E-state index in [1.54, 1.807) is 0 Å². The lowest BCUT2D eigenvalue weighted by molar-refractivity contribution is 0.0395. The second kappa shape index (κ2) is 6.73. The number of nitrogens with zero attached hydrogens (tertiary/aromatic N) is 4. The minimum atomic E-state index is 0.203. The number of carbonyl (C=O) groups is 1. The zero-order valence-electron chi connectivity index (χ0n) is 17.2. The highest BCUT2D eigenvalue weighted by molar-refractivity contribution is 6.05. The van der Waals surface area contributed by atoms with Gasteiger partial charge in [0, 0.05) is 37.9 Å². The van der Waals surface area contributed by atoms with Gasteiger partial charge in [-0.25, -0.2) is 0 Å². The van der Waals surface area contributed by atoms with Crippen LogP contribution < -0.4 is 0 Å². The molecule has 2 bridgehead atoms. The Kier molecular flexibility index (Phi) is 4.31. The van der Waals surface area contributed by atoms with Gasteiger partial charge in [0.25, 0.3) is 5.91 Å². The summed E-state index contributed by atoms with van der Waals surface area (Å²) in [4.78, 5) is 18.0. The van der Waals surface area contributed by atoms with Gasteiger partial charge >= 0.3 is 0 Å². The molecule has 1 aromatic carbocycles. The number of piperidine rings is 3. The van der Waals surface area contributed by atoms with Crippen LogP contribution in [0, 0.1) is 25.7 Å². The van der Waals surface area contributed by atoms with Crippen LogP contribution >= 0.6 is 0 Å². The van der Waals surface area contributed by atoms with Crippen molar-refractivity contribution in [3.63, 3.8) is 0 Å². The third-order valence-corrected chi connectivity index (χ3v) is 7.35. The van der Waals surface area contributed by atoms with Crippen molar-refractivity contribution in [3.05, 3.63) is 40.7 Å². The molecule has 3 saturated heterocycles. The van der Waals surface area contributed by atoms with Gasteiger partial charge in [0.05, 0.1) is 11.3 Å². The molecule has 4 aliphatic rings.